The summed E-state index contributed by atoms with van der Waals surface area (Å²) in [6.45, 7) is 2.10. The summed E-state index contributed by atoms with van der Waals surface area (Å²) in [5, 5.41) is 9.93. The Labute approximate surface area is 136 Å². The zero-order valence-corrected chi connectivity index (χ0v) is 13.2. The van der Waals surface area contributed by atoms with Gasteiger partial charge >= 0.3 is 5.97 Å². The van der Waals surface area contributed by atoms with Gasteiger partial charge in [-0.05, 0) is 18.6 Å². The smallest absolute Gasteiger partial charge is 0.323 e. The zero-order valence-electron chi connectivity index (χ0n) is 12.4. The predicted octanol–water partition coefficient (Wildman–Crippen LogP) is 2.33. The van der Waals surface area contributed by atoms with Gasteiger partial charge in [-0.15, -0.1) is 16.9 Å². The number of benzene rings is 1. The van der Waals surface area contributed by atoms with E-state index in [4.69, 9.17) is 10.5 Å². The molecule has 1 atom stereocenters. The number of nitrogens with two attached hydrogens (primary N) is 1. The summed E-state index contributed by atoms with van der Waals surface area (Å²) in [4.78, 5) is 17.2. The second-order valence-electron chi connectivity index (χ2n) is 4.71. The Hall–Kier alpha value is -2.61. The van der Waals surface area contributed by atoms with Crippen molar-refractivity contribution in [2.45, 2.75) is 17.1 Å². The molecule has 1 aromatic carbocycles. The third-order valence-electron chi connectivity index (χ3n) is 3.13. The molecule has 2 heterocycles. The highest BCUT2D eigenvalue weighted by Gasteiger charge is 2.25. The number of carbonyl (C=O) groups excluding carboxylic acids is 1. The standard InChI is InChI=1S/C15H15N5O2S/c1-2-22-15(21)13(9-6-4-3-5-7-9)23-10-8-11(16)17-14-12(10)18-20-19-14/h3-8,13H,2H2,1H3,(H3,16,17,18,19,20). The van der Waals surface area contributed by atoms with E-state index in [1.54, 1.807) is 13.0 Å². The van der Waals surface area contributed by atoms with Crippen molar-refractivity contribution in [2.75, 3.05) is 12.3 Å². The number of pyridine rings is 1. The largest absolute Gasteiger partial charge is 0.465 e. The zero-order chi connectivity index (χ0) is 16.2. The minimum absolute atomic E-state index is 0.310. The molecule has 1 unspecified atom stereocenters. The van der Waals surface area contributed by atoms with Crippen LogP contribution in [0.25, 0.3) is 11.2 Å². The maximum absolute atomic E-state index is 12.4. The Morgan fingerprint density at radius 1 is 1.39 bits per heavy atom. The number of rotatable bonds is 5. The highest BCUT2D eigenvalue weighted by molar-refractivity contribution is 8.00. The Morgan fingerprint density at radius 3 is 2.91 bits per heavy atom. The molecule has 0 saturated carbocycles. The quantitative estimate of drug-likeness (QED) is 0.546. The van der Waals surface area contributed by atoms with Crippen molar-refractivity contribution >= 4 is 34.7 Å². The topological polar surface area (TPSA) is 107 Å². The third kappa shape index (κ3) is 3.26. The Morgan fingerprint density at radius 2 is 2.17 bits per heavy atom. The van der Waals surface area contributed by atoms with E-state index >= 15 is 0 Å². The van der Waals surface area contributed by atoms with Gasteiger partial charge in [-0.3, -0.25) is 4.79 Å². The van der Waals surface area contributed by atoms with Gasteiger partial charge in [-0.25, -0.2) is 10.1 Å². The minimum atomic E-state index is -0.516. The number of anilines is 1. The monoisotopic (exact) mass is 329 g/mol. The number of aromatic amines is 1. The maximum atomic E-state index is 12.4. The molecule has 0 spiro atoms. The van der Waals surface area contributed by atoms with E-state index in [0.29, 0.717) is 23.6 Å². The number of nitrogen functional groups attached to an aromatic ring is 1. The number of thioether (sulfide) groups is 1. The van der Waals surface area contributed by atoms with Crippen molar-refractivity contribution in [3.63, 3.8) is 0 Å². The third-order valence-corrected chi connectivity index (χ3v) is 4.40. The van der Waals surface area contributed by atoms with Gasteiger partial charge in [0.05, 0.1) is 6.61 Å². The summed E-state index contributed by atoms with van der Waals surface area (Å²) in [6.07, 6.45) is 0. The summed E-state index contributed by atoms with van der Waals surface area (Å²) in [6, 6.07) is 11.1. The molecule has 0 saturated heterocycles. The van der Waals surface area contributed by atoms with E-state index in [0.717, 1.165) is 10.5 Å². The van der Waals surface area contributed by atoms with Gasteiger partial charge in [-0.1, -0.05) is 35.5 Å². The normalized spacial score (nSPS) is 12.2. The lowest BCUT2D eigenvalue weighted by Crippen LogP contribution is -2.13. The van der Waals surface area contributed by atoms with Gasteiger partial charge in [0.15, 0.2) is 5.65 Å². The van der Waals surface area contributed by atoms with E-state index in [2.05, 4.69) is 20.4 Å². The second kappa shape index (κ2) is 6.66. The fourth-order valence-corrected chi connectivity index (χ4v) is 3.29. The summed E-state index contributed by atoms with van der Waals surface area (Å²) >= 11 is 1.32. The Balaban J connectivity index is 2.00. The van der Waals surface area contributed by atoms with Crippen molar-refractivity contribution in [2.24, 2.45) is 0 Å². The van der Waals surface area contributed by atoms with E-state index in [1.807, 2.05) is 30.3 Å². The molecule has 23 heavy (non-hydrogen) atoms. The van der Waals surface area contributed by atoms with Crippen LogP contribution >= 0.6 is 11.8 Å². The van der Waals surface area contributed by atoms with Crippen LogP contribution in [0.3, 0.4) is 0 Å². The van der Waals surface area contributed by atoms with E-state index < -0.39 is 5.25 Å². The number of hydrogen-bond acceptors (Lipinski definition) is 7. The average Bonchev–Trinajstić information content (AvgIpc) is 3.01. The number of aromatic nitrogens is 4. The van der Waals surface area contributed by atoms with E-state index in [9.17, 15) is 4.79 Å². The molecule has 118 valence electrons. The first kappa shape index (κ1) is 15.3. The molecule has 0 radical (unpaired) electrons. The van der Waals surface area contributed by atoms with Crippen LogP contribution in [0.5, 0.6) is 0 Å². The van der Waals surface area contributed by atoms with Crippen LogP contribution < -0.4 is 5.73 Å². The molecule has 8 heteroatoms. The molecule has 0 fully saturated rings. The van der Waals surface area contributed by atoms with Crippen LogP contribution in [0.4, 0.5) is 5.82 Å². The van der Waals surface area contributed by atoms with Gasteiger partial charge in [-0.2, -0.15) is 0 Å². The number of nitrogens with zero attached hydrogens (tertiary/aromatic N) is 3. The number of esters is 1. The van der Waals surface area contributed by atoms with Gasteiger partial charge in [0.25, 0.3) is 0 Å². The SMILES string of the molecule is CCOC(=O)C(Sc1cc(N)nc2[nH]nnc12)c1ccccc1. The lowest BCUT2D eigenvalue weighted by Gasteiger charge is -2.15. The molecule has 0 aliphatic rings. The van der Waals surface area contributed by atoms with Gasteiger partial charge < -0.3 is 10.5 Å². The van der Waals surface area contributed by atoms with Gasteiger partial charge in [0.1, 0.15) is 16.6 Å². The number of fused-ring (bicyclic) bond motifs is 1. The highest BCUT2D eigenvalue weighted by atomic mass is 32.2. The summed E-state index contributed by atoms with van der Waals surface area (Å²) in [5.74, 6) is 0.0254. The van der Waals surface area contributed by atoms with Crippen molar-refractivity contribution in [1.82, 2.24) is 20.4 Å². The molecule has 0 bridgehead atoms. The van der Waals surface area contributed by atoms with Crippen LogP contribution in [0.1, 0.15) is 17.7 Å². The first-order valence-electron chi connectivity index (χ1n) is 7.04. The van der Waals surface area contributed by atoms with Crippen LogP contribution in [0.2, 0.25) is 0 Å². The molecular formula is C15H15N5O2S. The van der Waals surface area contributed by atoms with Crippen LogP contribution in [0, 0.1) is 0 Å². The van der Waals surface area contributed by atoms with Gasteiger partial charge in [0.2, 0.25) is 0 Å². The Kier molecular flexibility index (Phi) is 4.42. The molecule has 0 aliphatic carbocycles. The number of hydrogen-bond donors (Lipinski definition) is 2. The highest BCUT2D eigenvalue weighted by Crippen LogP contribution is 2.39. The molecule has 3 aromatic rings. The molecule has 7 nitrogen and oxygen atoms in total. The molecular weight excluding hydrogens is 314 g/mol. The number of carbonyl (C=O) groups is 1. The molecule has 2 aromatic heterocycles. The average molecular weight is 329 g/mol. The van der Waals surface area contributed by atoms with Crippen molar-refractivity contribution in [3.05, 3.63) is 42.0 Å². The van der Waals surface area contributed by atoms with Crippen molar-refractivity contribution in [1.29, 1.82) is 0 Å². The van der Waals surface area contributed by atoms with Crippen molar-refractivity contribution in [3.8, 4) is 0 Å². The summed E-state index contributed by atoms with van der Waals surface area (Å²) in [5.41, 5.74) is 7.73. The van der Waals surface area contributed by atoms with Crippen LogP contribution in [-0.4, -0.2) is 33.0 Å². The van der Waals surface area contributed by atoms with E-state index in [1.165, 1.54) is 11.8 Å². The summed E-state index contributed by atoms with van der Waals surface area (Å²) in [7, 11) is 0. The second-order valence-corrected chi connectivity index (χ2v) is 5.86. The van der Waals surface area contributed by atoms with Gasteiger partial charge in [0, 0.05) is 4.90 Å². The fraction of sp³-hybridized carbons (Fsp3) is 0.200. The fourth-order valence-electron chi connectivity index (χ4n) is 2.15. The minimum Gasteiger partial charge on any atom is -0.465 e. The van der Waals surface area contributed by atoms with E-state index in [-0.39, 0.29) is 5.97 Å². The van der Waals surface area contributed by atoms with Crippen LogP contribution in [-0.2, 0) is 9.53 Å². The number of nitrogens with one attached hydrogen (secondary N) is 1. The number of ether oxygens (including phenoxy) is 1. The number of H-pyrrole nitrogens is 1. The first-order chi connectivity index (χ1) is 11.2. The van der Waals surface area contributed by atoms with Crippen molar-refractivity contribution < 1.29 is 9.53 Å². The maximum Gasteiger partial charge on any atom is 0.323 e. The lowest BCUT2D eigenvalue weighted by atomic mass is 10.1. The molecule has 3 rings (SSSR count). The molecule has 3 N–H and O–H groups in total. The lowest BCUT2D eigenvalue weighted by molar-refractivity contribution is -0.142. The summed E-state index contributed by atoms with van der Waals surface area (Å²) < 4.78 is 5.20. The molecule has 0 amide bonds. The predicted molar refractivity (Wildman–Crippen MR) is 87.8 cm³/mol. The van der Waals surface area contributed by atoms with Crippen LogP contribution in [0.15, 0.2) is 41.3 Å². The first-order valence-corrected chi connectivity index (χ1v) is 7.92. The molecule has 0 aliphatic heterocycles. The Bertz CT molecular complexity index is 821.